The predicted octanol–water partition coefficient (Wildman–Crippen LogP) is 3.67. The van der Waals surface area contributed by atoms with Crippen LogP contribution >= 0.6 is 11.3 Å². The van der Waals surface area contributed by atoms with Crippen molar-refractivity contribution < 1.29 is 13.2 Å². The van der Waals surface area contributed by atoms with Crippen LogP contribution in [0, 0.1) is 6.92 Å². The summed E-state index contributed by atoms with van der Waals surface area (Å²) in [5, 5.41) is 0.918. The summed E-state index contributed by atoms with van der Waals surface area (Å²) in [6.07, 6.45) is 4.42. The number of sulfonamides is 1. The van der Waals surface area contributed by atoms with Crippen LogP contribution in [-0.2, 0) is 23.0 Å². The Kier molecular flexibility index (Phi) is 6.06. The summed E-state index contributed by atoms with van der Waals surface area (Å²) < 4.78 is 33.7. The number of thiophene rings is 1. The molecule has 1 fully saturated rings. The molecule has 2 aliphatic rings. The Hall–Kier alpha value is -1.41. The molecule has 1 saturated heterocycles. The molecule has 2 aromatic rings. The fraction of sp³-hybridized carbons (Fsp3) is 0.524. The van der Waals surface area contributed by atoms with E-state index in [0.29, 0.717) is 18.0 Å². The first-order chi connectivity index (χ1) is 13.5. The third-order valence-corrected chi connectivity index (χ3v) is 8.68. The van der Waals surface area contributed by atoms with Crippen molar-refractivity contribution >= 4 is 21.4 Å². The Morgan fingerprint density at radius 2 is 1.93 bits per heavy atom. The first-order valence-corrected chi connectivity index (χ1v) is 12.3. The van der Waals surface area contributed by atoms with Crippen LogP contribution in [0.2, 0.25) is 0 Å². The zero-order valence-electron chi connectivity index (χ0n) is 16.4. The average Bonchev–Trinajstić information content (AvgIpc) is 3.34. The number of hydrogen-bond donors (Lipinski definition) is 0. The quantitative estimate of drug-likeness (QED) is 0.642. The normalized spacial score (nSPS) is 18.3. The van der Waals surface area contributed by atoms with Crippen molar-refractivity contribution in [2.24, 2.45) is 0 Å². The molecule has 28 heavy (non-hydrogen) atoms. The second-order valence-electron chi connectivity index (χ2n) is 7.62. The van der Waals surface area contributed by atoms with Crippen LogP contribution in [0.5, 0.6) is 5.06 Å². The number of benzene rings is 1. The van der Waals surface area contributed by atoms with Crippen LogP contribution in [0.25, 0.3) is 0 Å². The van der Waals surface area contributed by atoms with Gasteiger partial charge in [0.2, 0.25) is 10.0 Å². The van der Waals surface area contributed by atoms with Crippen LogP contribution in [-0.4, -0.2) is 50.4 Å². The van der Waals surface area contributed by atoms with E-state index in [1.165, 1.54) is 31.5 Å². The van der Waals surface area contributed by atoms with Crippen molar-refractivity contribution in [2.75, 3.05) is 32.8 Å². The van der Waals surface area contributed by atoms with Gasteiger partial charge in [-0.05, 0) is 69.0 Å². The zero-order chi connectivity index (χ0) is 19.6. The number of likely N-dealkylation sites (tertiary alicyclic amines) is 1. The maximum absolute atomic E-state index is 13.1. The number of hydrogen-bond acceptors (Lipinski definition) is 5. The number of nitrogens with zero attached hydrogens (tertiary/aromatic N) is 2. The van der Waals surface area contributed by atoms with Gasteiger partial charge < -0.3 is 9.64 Å². The molecule has 1 aromatic heterocycles. The Bertz CT molecular complexity index is 917. The van der Waals surface area contributed by atoms with E-state index in [-0.39, 0.29) is 0 Å². The van der Waals surface area contributed by atoms with E-state index in [1.807, 2.05) is 19.1 Å². The molecular weight excluding hydrogens is 392 g/mol. The fourth-order valence-corrected chi connectivity index (χ4v) is 6.81. The summed E-state index contributed by atoms with van der Waals surface area (Å²) in [7, 11) is -3.46. The van der Waals surface area contributed by atoms with Crippen LogP contribution < -0.4 is 4.74 Å². The number of ether oxygens (including phenoxy) is 1. The van der Waals surface area contributed by atoms with Crippen molar-refractivity contribution in [1.29, 1.82) is 0 Å². The molecule has 152 valence electrons. The number of rotatable bonds is 7. The predicted molar refractivity (Wildman–Crippen MR) is 113 cm³/mol. The van der Waals surface area contributed by atoms with Gasteiger partial charge >= 0.3 is 0 Å². The summed E-state index contributed by atoms with van der Waals surface area (Å²) in [6, 6.07) is 9.31. The number of aryl methyl sites for hydroxylation is 1. The summed E-state index contributed by atoms with van der Waals surface area (Å²) in [6.45, 7) is 7.08. The second-order valence-corrected chi connectivity index (χ2v) is 10.6. The van der Waals surface area contributed by atoms with E-state index in [0.717, 1.165) is 41.5 Å². The monoisotopic (exact) mass is 420 g/mol. The summed E-state index contributed by atoms with van der Waals surface area (Å²) in [4.78, 5) is 4.02. The summed E-state index contributed by atoms with van der Waals surface area (Å²) >= 11 is 1.60. The SMILES string of the molecule is Cc1ccccc1S(=O)(=O)N1CCc2cc(OCCCN3CCCC3)sc2C1. The molecule has 0 amide bonds. The van der Waals surface area contributed by atoms with Crippen molar-refractivity contribution in [3.63, 3.8) is 0 Å². The van der Waals surface area contributed by atoms with Crippen LogP contribution in [0.3, 0.4) is 0 Å². The molecule has 0 bridgehead atoms. The van der Waals surface area contributed by atoms with Crippen LogP contribution in [0.4, 0.5) is 0 Å². The van der Waals surface area contributed by atoms with Gasteiger partial charge in [-0.3, -0.25) is 0 Å². The van der Waals surface area contributed by atoms with Gasteiger partial charge in [-0.2, -0.15) is 4.31 Å². The van der Waals surface area contributed by atoms with E-state index < -0.39 is 10.0 Å². The van der Waals surface area contributed by atoms with Gasteiger partial charge in [-0.15, -0.1) is 11.3 Å². The Labute approximate surface area is 172 Å². The molecule has 1 aromatic carbocycles. The van der Waals surface area contributed by atoms with Crippen molar-refractivity contribution in [1.82, 2.24) is 9.21 Å². The molecule has 4 rings (SSSR count). The largest absolute Gasteiger partial charge is 0.484 e. The van der Waals surface area contributed by atoms with Crippen molar-refractivity contribution in [3.05, 3.63) is 46.3 Å². The van der Waals surface area contributed by atoms with Gasteiger partial charge in [0.1, 0.15) is 0 Å². The smallest absolute Gasteiger partial charge is 0.243 e. The molecule has 2 aliphatic heterocycles. The highest BCUT2D eigenvalue weighted by atomic mass is 32.2. The average molecular weight is 421 g/mol. The van der Waals surface area contributed by atoms with Crippen LogP contribution in [0.15, 0.2) is 35.2 Å². The second kappa shape index (κ2) is 8.53. The first kappa shape index (κ1) is 19.9. The minimum Gasteiger partial charge on any atom is -0.484 e. The first-order valence-electron chi connectivity index (χ1n) is 10.1. The molecule has 0 unspecified atom stereocenters. The van der Waals surface area contributed by atoms with Crippen molar-refractivity contribution in [2.45, 2.75) is 44.0 Å². The Morgan fingerprint density at radius 3 is 2.71 bits per heavy atom. The highest BCUT2D eigenvalue weighted by Crippen LogP contribution is 2.35. The van der Waals surface area contributed by atoms with Crippen LogP contribution in [0.1, 0.15) is 35.3 Å². The van der Waals surface area contributed by atoms with E-state index in [4.69, 9.17) is 4.74 Å². The van der Waals surface area contributed by atoms with Gasteiger partial charge in [0.15, 0.2) is 5.06 Å². The standard InChI is InChI=1S/C21H28N2O3S2/c1-17-7-2-3-8-20(17)28(24,25)23-13-9-18-15-21(27-19(18)16-23)26-14-6-12-22-10-4-5-11-22/h2-3,7-8,15H,4-6,9-14,16H2,1H3. The Morgan fingerprint density at radius 1 is 1.14 bits per heavy atom. The lowest BCUT2D eigenvalue weighted by molar-refractivity contribution is 0.268. The molecular formula is C21H28N2O3S2. The maximum Gasteiger partial charge on any atom is 0.243 e. The van der Waals surface area contributed by atoms with E-state index in [1.54, 1.807) is 27.8 Å². The van der Waals surface area contributed by atoms with Gasteiger partial charge in [0.25, 0.3) is 0 Å². The summed E-state index contributed by atoms with van der Waals surface area (Å²) in [5.41, 5.74) is 2.03. The fourth-order valence-electron chi connectivity index (χ4n) is 4.00. The molecule has 0 radical (unpaired) electrons. The maximum atomic E-state index is 13.1. The molecule has 5 nitrogen and oxygen atoms in total. The van der Waals surface area contributed by atoms with Gasteiger partial charge in [-0.1, -0.05) is 18.2 Å². The highest BCUT2D eigenvalue weighted by molar-refractivity contribution is 7.89. The molecule has 7 heteroatoms. The zero-order valence-corrected chi connectivity index (χ0v) is 18.0. The molecule has 0 aliphatic carbocycles. The molecule has 0 N–H and O–H groups in total. The molecule has 0 atom stereocenters. The lowest BCUT2D eigenvalue weighted by Gasteiger charge is -2.26. The van der Waals surface area contributed by atoms with E-state index >= 15 is 0 Å². The summed E-state index contributed by atoms with van der Waals surface area (Å²) in [5.74, 6) is 0. The highest BCUT2D eigenvalue weighted by Gasteiger charge is 2.30. The third-order valence-electron chi connectivity index (χ3n) is 5.60. The lowest BCUT2D eigenvalue weighted by Crippen LogP contribution is -2.35. The van der Waals surface area contributed by atoms with Gasteiger partial charge in [0, 0.05) is 24.5 Å². The molecule has 0 saturated carbocycles. The number of fused-ring (bicyclic) bond motifs is 1. The van der Waals surface area contributed by atoms with Gasteiger partial charge in [-0.25, -0.2) is 8.42 Å². The topological polar surface area (TPSA) is 49.9 Å². The third kappa shape index (κ3) is 4.27. The molecule has 3 heterocycles. The lowest BCUT2D eigenvalue weighted by atomic mass is 10.1. The van der Waals surface area contributed by atoms with E-state index in [2.05, 4.69) is 11.0 Å². The molecule has 0 spiro atoms. The Balaban J connectivity index is 1.37. The van der Waals surface area contributed by atoms with Crippen molar-refractivity contribution in [3.8, 4) is 5.06 Å². The van der Waals surface area contributed by atoms with E-state index in [9.17, 15) is 8.42 Å². The minimum atomic E-state index is -3.46. The van der Waals surface area contributed by atoms with Gasteiger partial charge in [0.05, 0.1) is 11.5 Å². The minimum absolute atomic E-state index is 0.411.